The molecule has 0 aromatic carbocycles. The van der Waals surface area contributed by atoms with E-state index in [1.807, 2.05) is 0 Å². The summed E-state index contributed by atoms with van der Waals surface area (Å²) in [4.78, 5) is 4.10. The van der Waals surface area contributed by atoms with Gasteiger partial charge in [-0.2, -0.15) is 0 Å². The third kappa shape index (κ3) is 1.63. The Kier molecular flexibility index (Phi) is 2.15. The summed E-state index contributed by atoms with van der Waals surface area (Å²) in [6, 6.07) is 0.357. The standard InChI is InChI=1S/C9H16N2O2/c1-12-7-2-4-9(5-3-7)6-11-8(10)13-9/h7H,2-6H2,1H3,(H2,10,11). The van der Waals surface area contributed by atoms with E-state index in [1.54, 1.807) is 7.11 Å². The summed E-state index contributed by atoms with van der Waals surface area (Å²) >= 11 is 0. The molecule has 4 heteroatoms. The second kappa shape index (κ2) is 3.18. The number of amidine groups is 1. The fourth-order valence-corrected chi connectivity index (χ4v) is 2.12. The molecule has 0 unspecified atom stereocenters. The summed E-state index contributed by atoms with van der Waals surface area (Å²) in [5.41, 5.74) is 5.42. The highest BCUT2D eigenvalue weighted by Gasteiger charge is 2.40. The number of hydrogen-bond acceptors (Lipinski definition) is 4. The van der Waals surface area contributed by atoms with Crippen LogP contribution in [0.2, 0.25) is 0 Å². The minimum Gasteiger partial charge on any atom is -0.457 e. The van der Waals surface area contributed by atoms with Crippen molar-refractivity contribution in [1.82, 2.24) is 0 Å². The van der Waals surface area contributed by atoms with Crippen LogP contribution in [-0.2, 0) is 9.47 Å². The molecule has 0 aromatic heterocycles. The summed E-state index contributed by atoms with van der Waals surface area (Å²) in [5.74, 6) is 0. The highest BCUT2D eigenvalue weighted by Crippen LogP contribution is 2.35. The van der Waals surface area contributed by atoms with Gasteiger partial charge in [-0.15, -0.1) is 0 Å². The monoisotopic (exact) mass is 184 g/mol. The van der Waals surface area contributed by atoms with E-state index in [0.29, 0.717) is 12.1 Å². The Morgan fingerprint density at radius 2 is 2.23 bits per heavy atom. The first-order valence-electron chi connectivity index (χ1n) is 4.76. The van der Waals surface area contributed by atoms with Gasteiger partial charge in [0.15, 0.2) is 0 Å². The maximum absolute atomic E-state index is 5.55. The predicted octanol–water partition coefficient (Wildman–Crippen LogP) is 0.659. The molecular formula is C9H16N2O2. The first kappa shape index (κ1) is 8.81. The van der Waals surface area contributed by atoms with E-state index in [9.17, 15) is 0 Å². The fraction of sp³-hybridized carbons (Fsp3) is 0.889. The van der Waals surface area contributed by atoms with Crippen LogP contribution in [0, 0.1) is 0 Å². The van der Waals surface area contributed by atoms with Gasteiger partial charge in [0.2, 0.25) is 0 Å². The van der Waals surface area contributed by atoms with Crippen LogP contribution >= 0.6 is 0 Å². The summed E-state index contributed by atoms with van der Waals surface area (Å²) in [7, 11) is 1.77. The molecule has 1 aliphatic carbocycles. The third-order valence-electron chi connectivity index (χ3n) is 3.02. The molecule has 2 aliphatic rings. The number of hydrogen-bond donors (Lipinski definition) is 1. The van der Waals surface area contributed by atoms with Crippen LogP contribution in [0.15, 0.2) is 4.99 Å². The summed E-state index contributed by atoms with van der Waals surface area (Å²) < 4.78 is 10.9. The lowest BCUT2D eigenvalue weighted by Gasteiger charge is -2.34. The summed E-state index contributed by atoms with van der Waals surface area (Å²) in [6.45, 7) is 0.731. The van der Waals surface area contributed by atoms with Crippen molar-refractivity contribution in [3.63, 3.8) is 0 Å². The van der Waals surface area contributed by atoms with Crippen molar-refractivity contribution in [2.75, 3.05) is 13.7 Å². The number of methoxy groups -OCH3 is 1. The van der Waals surface area contributed by atoms with Gasteiger partial charge in [-0.05, 0) is 25.7 Å². The summed E-state index contributed by atoms with van der Waals surface area (Å²) in [6.07, 6.45) is 4.53. The molecular weight excluding hydrogens is 168 g/mol. The second-order valence-corrected chi connectivity index (χ2v) is 3.87. The second-order valence-electron chi connectivity index (χ2n) is 3.87. The van der Waals surface area contributed by atoms with Gasteiger partial charge in [0.1, 0.15) is 5.60 Å². The van der Waals surface area contributed by atoms with Crippen LogP contribution in [0.1, 0.15) is 25.7 Å². The van der Waals surface area contributed by atoms with Crippen molar-refractivity contribution in [1.29, 1.82) is 0 Å². The molecule has 1 aliphatic heterocycles. The van der Waals surface area contributed by atoms with E-state index in [0.717, 1.165) is 32.2 Å². The molecule has 0 bridgehead atoms. The first-order valence-corrected chi connectivity index (χ1v) is 4.76. The lowest BCUT2D eigenvalue weighted by Crippen LogP contribution is -2.40. The average Bonchev–Trinajstić information content (AvgIpc) is 2.49. The Bertz CT molecular complexity index is 220. The molecule has 0 saturated heterocycles. The zero-order valence-electron chi connectivity index (χ0n) is 7.95. The molecule has 1 heterocycles. The normalized spacial score (nSPS) is 38.8. The highest BCUT2D eigenvalue weighted by atomic mass is 16.5. The number of nitrogens with two attached hydrogens (primary N) is 1. The maximum Gasteiger partial charge on any atom is 0.282 e. The van der Waals surface area contributed by atoms with Crippen molar-refractivity contribution >= 4 is 6.02 Å². The molecule has 2 N–H and O–H groups in total. The molecule has 0 aromatic rings. The van der Waals surface area contributed by atoms with Gasteiger partial charge in [0, 0.05) is 7.11 Å². The zero-order chi connectivity index (χ0) is 9.31. The van der Waals surface area contributed by atoms with E-state index >= 15 is 0 Å². The Hall–Kier alpha value is -0.770. The highest BCUT2D eigenvalue weighted by molar-refractivity contribution is 5.73. The minimum atomic E-state index is -0.0842. The number of rotatable bonds is 1. The van der Waals surface area contributed by atoms with Gasteiger partial charge in [-0.3, -0.25) is 0 Å². The van der Waals surface area contributed by atoms with Crippen LogP contribution in [-0.4, -0.2) is 31.4 Å². The van der Waals surface area contributed by atoms with Crippen LogP contribution in [0.3, 0.4) is 0 Å². The van der Waals surface area contributed by atoms with Gasteiger partial charge >= 0.3 is 0 Å². The SMILES string of the molecule is COC1CCC2(CC1)CN=C(N)O2. The minimum absolute atomic E-state index is 0.0842. The van der Waals surface area contributed by atoms with E-state index in [4.69, 9.17) is 15.2 Å². The van der Waals surface area contributed by atoms with Gasteiger partial charge in [0.25, 0.3) is 6.02 Å². The van der Waals surface area contributed by atoms with Gasteiger partial charge < -0.3 is 15.2 Å². The van der Waals surface area contributed by atoms with Crippen molar-refractivity contribution in [2.45, 2.75) is 37.4 Å². The van der Waals surface area contributed by atoms with E-state index < -0.39 is 0 Å². The largest absolute Gasteiger partial charge is 0.457 e. The van der Waals surface area contributed by atoms with Crippen molar-refractivity contribution in [2.24, 2.45) is 10.7 Å². The third-order valence-corrected chi connectivity index (χ3v) is 3.02. The molecule has 13 heavy (non-hydrogen) atoms. The molecule has 1 saturated carbocycles. The quantitative estimate of drug-likeness (QED) is 0.651. The molecule has 1 spiro atoms. The van der Waals surface area contributed by atoms with Crippen molar-refractivity contribution in [3.8, 4) is 0 Å². The Balaban J connectivity index is 1.91. The van der Waals surface area contributed by atoms with Crippen LogP contribution in [0.4, 0.5) is 0 Å². The number of aliphatic imine (C=N–C) groups is 1. The lowest BCUT2D eigenvalue weighted by atomic mass is 9.83. The van der Waals surface area contributed by atoms with Gasteiger partial charge in [-0.25, -0.2) is 4.99 Å². The van der Waals surface area contributed by atoms with E-state index in [2.05, 4.69) is 4.99 Å². The average molecular weight is 184 g/mol. The maximum atomic E-state index is 5.55. The Morgan fingerprint density at radius 1 is 1.54 bits per heavy atom. The molecule has 2 rings (SSSR count). The fourth-order valence-electron chi connectivity index (χ4n) is 2.12. The molecule has 0 amide bonds. The molecule has 0 radical (unpaired) electrons. The van der Waals surface area contributed by atoms with E-state index in [-0.39, 0.29) is 5.60 Å². The predicted molar refractivity (Wildman–Crippen MR) is 49.6 cm³/mol. The topological polar surface area (TPSA) is 56.8 Å². The Morgan fingerprint density at radius 3 is 2.69 bits per heavy atom. The Labute approximate surface area is 78.1 Å². The molecule has 4 nitrogen and oxygen atoms in total. The molecule has 74 valence electrons. The zero-order valence-corrected chi connectivity index (χ0v) is 7.95. The van der Waals surface area contributed by atoms with Crippen LogP contribution in [0.5, 0.6) is 0 Å². The van der Waals surface area contributed by atoms with Gasteiger partial charge in [0.05, 0.1) is 12.6 Å². The van der Waals surface area contributed by atoms with E-state index in [1.165, 1.54) is 0 Å². The van der Waals surface area contributed by atoms with Crippen LogP contribution in [0.25, 0.3) is 0 Å². The molecule has 0 atom stereocenters. The van der Waals surface area contributed by atoms with Crippen LogP contribution < -0.4 is 5.73 Å². The summed E-state index contributed by atoms with van der Waals surface area (Å²) in [5, 5.41) is 0. The molecule has 1 fully saturated rings. The number of ether oxygens (including phenoxy) is 2. The first-order chi connectivity index (χ1) is 6.24. The van der Waals surface area contributed by atoms with Crippen molar-refractivity contribution < 1.29 is 9.47 Å². The van der Waals surface area contributed by atoms with Gasteiger partial charge in [-0.1, -0.05) is 0 Å². The lowest BCUT2D eigenvalue weighted by molar-refractivity contribution is -0.0177. The van der Waals surface area contributed by atoms with Crippen molar-refractivity contribution in [3.05, 3.63) is 0 Å². The number of nitrogens with zero attached hydrogens (tertiary/aromatic N) is 1. The smallest absolute Gasteiger partial charge is 0.282 e.